The van der Waals surface area contributed by atoms with Crippen molar-refractivity contribution in [2.24, 2.45) is 0 Å². The molecule has 410 valence electrons. The predicted molar refractivity (Wildman–Crippen MR) is 307 cm³/mol. The fraction of sp³-hybridized carbons (Fsp3) is 0.769. The summed E-state index contributed by atoms with van der Waals surface area (Å²) in [5.41, 5.74) is 0. The molecule has 0 fully saturated rings. The highest BCUT2D eigenvalue weighted by Gasteiger charge is 2.19. The van der Waals surface area contributed by atoms with E-state index in [1.54, 1.807) is 0 Å². The van der Waals surface area contributed by atoms with Gasteiger partial charge in [-0.3, -0.25) is 14.4 Å². The van der Waals surface area contributed by atoms with Crippen molar-refractivity contribution in [3.63, 3.8) is 0 Å². The minimum atomic E-state index is -0.780. The van der Waals surface area contributed by atoms with E-state index in [0.717, 1.165) is 109 Å². The van der Waals surface area contributed by atoms with Crippen LogP contribution in [0.25, 0.3) is 0 Å². The van der Waals surface area contributed by atoms with Crippen molar-refractivity contribution >= 4 is 17.9 Å². The van der Waals surface area contributed by atoms with E-state index in [9.17, 15) is 14.4 Å². The van der Waals surface area contributed by atoms with E-state index in [1.165, 1.54) is 154 Å². The Hall–Kier alpha value is -3.15. The first-order valence-electron chi connectivity index (χ1n) is 30.4. The van der Waals surface area contributed by atoms with Gasteiger partial charge in [0, 0.05) is 19.3 Å². The Morgan fingerprint density at radius 1 is 0.296 bits per heavy atom. The summed E-state index contributed by atoms with van der Waals surface area (Å²) in [6.07, 6.45) is 76.2. The van der Waals surface area contributed by atoms with Crippen LogP contribution in [0.5, 0.6) is 0 Å². The van der Waals surface area contributed by atoms with Crippen LogP contribution >= 0.6 is 0 Å². The van der Waals surface area contributed by atoms with Crippen molar-refractivity contribution in [3.05, 3.63) is 72.9 Å². The fourth-order valence-corrected chi connectivity index (χ4v) is 8.64. The number of esters is 3. The Bertz CT molecular complexity index is 1320. The average Bonchev–Trinajstić information content (AvgIpc) is 3.37. The van der Waals surface area contributed by atoms with Crippen molar-refractivity contribution in [1.82, 2.24) is 0 Å². The van der Waals surface area contributed by atoms with E-state index in [-0.39, 0.29) is 31.1 Å². The van der Waals surface area contributed by atoms with Gasteiger partial charge < -0.3 is 14.2 Å². The molecule has 0 N–H and O–H groups in total. The van der Waals surface area contributed by atoms with E-state index < -0.39 is 6.10 Å². The molecular formula is C65H114O6. The number of carbonyl (C=O) groups is 3. The summed E-state index contributed by atoms with van der Waals surface area (Å²) in [7, 11) is 0. The molecular weight excluding hydrogens is 877 g/mol. The third-order valence-electron chi connectivity index (χ3n) is 13.2. The summed E-state index contributed by atoms with van der Waals surface area (Å²) in [5.74, 6) is -0.881. The maximum absolute atomic E-state index is 12.8. The lowest BCUT2D eigenvalue weighted by atomic mass is 10.0. The molecule has 0 aliphatic carbocycles. The van der Waals surface area contributed by atoms with Gasteiger partial charge in [-0.05, 0) is 89.9 Å². The topological polar surface area (TPSA) is 78.9 Å². The van der Waals surface area contributed by atoms with Crippen LogP contribution in [-0.4, -0.2) is 37.2 Å². The first-order chi connectivity index (χ1) is 35.0. The highest BCUT2D eigenvalue weighted by atomic mass is 16.6. The van der Waals surface area contributed by atoms with E-state index in [4.69, 9.17) is 14.2 Å². The van der Waals surface area contributed by atoms with Crippen LogP contribution < -0.4 is 0 Å². The second kappa shape index (κ2) is 59.4. The number of ether oxygens (including phenoxy) is 3. The minimum Gasteiger partial charge on any atom is -0.462 e. The first-order valence-corrected chi connectivity index (χ1v) is 30.4. The number of carbonyl (C=O) groups excluding carboxylic acids is 3. The molecule has 0 aromatic carbocycles. The zero-order chi connectivity index (χ0) is 51.4. The standard InChI is InChI=1S/C65H114O6/c1-4-7-10-13-16-19-22-24-26-27-28-29-30-31-32-33-34-35-36-37-39-40-43-46-49-52-55-58-64(67)70-61-62(60-69-63(66)57-54-51-48-45-42-21-18-15-12-9-6-3)71-65(68)59-56-53-50-47-44-41-38-25-23-20-17-14-11-8-5-2/h7,10,16-17,19-20,24-26,28-29,38,62H,4-6,8-9,11-15,18,21-23,27,30-37,39-61H2,1-3H3/b10-7-,19-16-,20-17-,26-24-,29-28-,38-25-. The molecule has 1 unspecified atom stereocenters. The highest BCUT2D eigenvalue weighted by molar-refractivity contribution is 5.71. The first kappa shape index (κ1) is 67.8. The van der Waals surface area contributed by atoms with Crippen LogP contribution in [0.1, 0.15) is 303 Å². The van der Waals surface area contributed by atoms with Crippen molar-refractivity contribution in [2.45, 2.75) is 309 Å². The zero-order valence-electron chi connectivity index (χ0n) is 47.0. The number of hydrogen-bond donors (Lipinski definition) is 0. The van der Waals surface area contributed by atoms with E-state index in [1.807, 2.05) is 0 Å². The SMILES string of the molecule is CC/C=C\C/C=C\C/C=C\C/C=C\CCCCCCCCCCCCCCCCC(=O)OCC(COC(=O)CCCCCCCCCCCCC)OC(=O)CCCCCCC/C=C\C/C=C\CCCCC. The van der Waals surface area contributed by atoms with Gasteiger partial charge in [0.2, 0.25) is 0 Å². The van der Waals surface area contributed by atoms with Gasteiger partial charge in [-0.2, -0.15) is 0 Å². The van der Waals surface area contributed by atoms with Crippen molar-refractivity contribution in [1.29, 1.82) is 0 Å². The molecule has 0 rings (SSSR count). The molecule has 0 saturated carbocycles. The lowest BCUT2D eigenvalue weighted by Gasteiger charge is -2.18. The van der Waals surface area contributed by atoms with Crippen LogP contribution in [-0.2, 0) is 28.6 Å². The van der Waals surface area contributed by atoms with Crippen molar-refractivity contribution in [2.75, 3.05) is 13.2 Å². The monoisotopic (exact) mass is 991 g/mol. The fourth-order valence-electron chi connectivity index (χ4n) is 8.64. The molecule has 1 atom stereocenters. The molecule has 6 nitrogen and oxygen atoms in total. The minimum absolute atomic E-state index is 0.0776. The van der Waals surface area contributed by atoms with Crippen molar-refractivity contribution < 1.29 is 28.6 Å². The Morgan fingerprint density at radius 2 is 0.549 bits per heavy atom. The number of hydrogen-bond acceptors (Lipinski definition) is 6. The Kier molecular flexibility index (Phi) is 56.8. The number of rotatable bonds is 55. The quantitative estimate of drug-likeness (QED) is 0.0261. The molecule has 0 radical (unpaired) electrons. The molecule has 0 aliphatic rings. The van der Waals surface area contributed by atoms with Gasteiger partial charge >= 0.3 is 17.9 Å². The molecule has 0 aromatic heterocycles. The number of unbranched alkanes of at least 4 members (excludes halogenated alkanes) is 32. The van der Waals surface area contributed by atoms with Crippen molar-refractivity contribution in [3.8, 4) is 0 Å². The smallest absolute Gasteiger partial charge is 0.306 e. The van der Waals surface area contributed by atoms with Crippen LogP contribution in [0.3, 0.4) is 0 Å². The Balaban J connectivity index is 4.21. The molecule has 0 heterocycles. The lowest BCUT2D eigenvalue weighted by Crippen LogP contribution is -2.30. The van der Waals surface area contributed by atoms with Gasteiger partial charge in [-0.15, -0.1) is 0 Å². The van der Waals surface area contributed by atoms with Gasteiger partial charge in [0.1, 0.15) is 13.2 Å². The van der Waals surface area contributed by atoms with Gasteiger partial charge in [0.25, 0.3) is 0 Å². The van der Waals surface area contributed by atoms with Gasteiger partial charge in [-0.25, -0.2) is 0 Å². The van der Waals surface area contributed by atoms with Crippen LogP contribution in [0.4, 0.5) is 0 Å². The largest absolute Gasteiger partial charge is 0.462 e. The summed E-state index contributed by atoms with van der Waals surface area (Å²) in [6, 6.07) is 0. The Labute approximate surface area is 440 Å². The highest BCUT2D eigenvalue weighted by Crippen LogP contribution is 2.16. The second-order valence-corrected chi connectivity index (χ2v) is 20.2. The van der Waals surface area contributed by atoms with Crippen LogP contribution in [0.2, 0.25) is 0 Å². The molecule has 0 aliphatic heterocycles. The van der Waals surface area contributed by atoms with E-state index >= 15 is 0 Å². The van der Waals surface area contributed by atoms with Gasteiger partial charge in [0.05, 0.1) is 0 Å². The average molecular weight is 992 g/mol. The Morgan fingerprint density at radius 3 is 0.887 bits per heavy atom. The summed E-state index contributed by atoms with van der Waals surface area (Å²) in [5, 5.41) is 0. The third kappa shape index (κ3) is 57.6. The van der Waals surface area contributed by atoms with E-state index in [2.05, 4.69) is 93.7 Å². The normalized spacial score (nSPS) is 12.5. The molecule has 0 amide bonds. The van der Waals surface area contributed by atoms with Gasteiger partial charge in [0.15, 0.2) is 6.10 Å². The second-order valence-electron chi connectivity index (χ2n) is 20.2. The molecule has 0 spiro atoms. The summed E-state index contributed by atoms with van der Waals surface area (Å²) < 4.78 is 16.9. The molecule has 0 aromatic rings. The third-order valence-corrected chi connectivity index (χ3v) is 13.2. The van der Waals surface area contributed by atoms with E-state index in [0.29, 0.717) is 19.3 Å². The summed E-state index contributed by atoms with van der Waals surface area (Å²) in [6.45, 7) is 6.51. The predicted octanol–water partition coefficient (Wildman–Crippen LogP) is 20.5. The summed E-state index contributed by atoms with van der Waals surface area (Å²) in [4.78, 5) is 38.1. The molecule has 71 heavy (non-hydrogen) atoms. The van der Waals surface area contributed by atoms with Crippen LogP contribution in [0.15, 0.2) is 72.9 Å². The maximum Gasteiger partial charge on any atom is 0.306 e. The molecule has 0 bridgehead atoms. The van der Waals surface area contributed by atoms with Gasteiger partial charge in [-0.1, -0.05) is 267 Å². The lowest BCUT2D eigenvalue weighted by molar-refractivity contribution is -0.167. The molecule has 6 heteroatoms. The maximum atomic E-state index is 12.8. The summed E-state index contributed by atoms with van der Waals surface area (Å²) >= 11 is 0. The van der Waals surface area contributed by atoms with Crippen LogP contribution in [0, 0.1) is 0 Å². The number of allylic oxidation sites excluding steroid dienone is 12. The molecule has 0 saturated heterocycles. The zero-order valence-corrected chi connectivity index (χ0v) is 47.0.